The first-order valence-electron chi connectivity index (χ1n) is 11.6. The van der Waals surface area contributed by atoms with Crippen molar-refractivity contribution in [2.75, 3.05) is 20.3 Å². The Morgan fingerprint density at radius 3 is 2.41 bits per heavy atom. The maximum atomic E-state index is 13.1. The smallest absolute Gasteiger partial charge is 0.329 e. The van der Waals surface area contributed by atoms with Gasteiger partial charge in [-0.2, -0.15) is 5.10 Å². The minimum atomic E-state index is -0.939. The Kier molecular flexibility index (Phi) is 7.75. The Labute approximate surface area is 199 Å². The fraction of sp³-hybridized carbons (Fsp3) is 0.370. The summed E-state index contributed by atoms with van der Waals surface area (Å²) < 4.78 is 12.2. The fourth-order valence-electron chi connectivity index (χ4n) is 4.58. The molecule has 1 aromatic heterocycles. The van der Waals surface area contributed by atoms with Gasteiger partial charge in [0.05, 0.1) is 19.4 Å². The van der Waals surface area contributed by atoms with E-state index in [1.165, 1.54) is 0 Å². The first-order chi connectivity index (χ1) is 16.5. The van der Waals surface area contributed by atoms with Crippen LogP contribution in [0.1, 0.15) is 25.7 Å². The van der Waals surface area contributed by atoms with Gasteiger partial charge in [-0.1, -0.05) is 42.5 Å². The van der Waals surface area contributed by atoms with E-state index in [9.17, 15) is 9.59 Å². The molecule has 1 aliphatic rings. The van der Waals surface area contributed by atoms with Crippen LogP contribution >= 0.6 is 0 Å². The van der Waals surface area contributed by atoms with Crippen LogP contribution in [0.2, 0.25) is 0 Å². The summed E-state index contributed by atoms with van der Waals surface area (Å²) in [5, 5.41) is 13.6. The Morgan fingerprint density at radius 1 is 1.00 bits per heavy atom. The number of hydrogen-bond acceptors (Lipinski definition) is 5. The molecule has 0 aliphatic heterocycles. The number of methoxy groups -OCH3 is 1. The van der Waals surface area contributed by atoms with Crippen LogP contribution in [-0.4, -0.2) is 41.2 Å². The molecule has 1 saturated carbocycles. The lowest BCUT2D eigenvalue weighted by Crippen LogP contribution is -2.29. The third-order valence-electron chi connectivity index (χ3n) is 6.40. The number of aliphatic carboxylic acids is 1. The van der Waals surface area contributed by atoms with Crippen molar-refractivity contribution in [1.82, 2.24) is 9.78 Å². The molecule has 7 heteroatoms. The van der Waals surface area contributed by atoms with Gasteiger partial charge in [-0.05, 0) is 55.2 Å². The van der Waals surface area contributed by atoms with Gasteiger partial charge in [-0.3, -0.25) is 4.79 Å². The average Bonchev–Trinajstić information content (AvgIpc) is 2.86. The topological polar surface area (TPSA) is 90.7 Å². The zero-order chi connectivity index (χ0) is 23.9. The summed E-state index contributed by atoms with van der Waals surface area (Å²) in [5.74, 6) is 0.512. The number of nitrogens with zero attached hydrogens (tertiary/aromatic N) is 2. The standard InChI is InChI=1S/C27H30N2O5/c1-33-23-9-5-8-22(14-23)24-15-25(30)29(28-27(24)21-6-3-2-4-7-21)16-19-10-12-20(13-11-19)17-34-18-26(31)32/h2-9,14-15,19-20H,10-13,16-18H2,1H3,(H,31,32)/t19-,20-. The molecule has 1 fully saturated rings. The number of carboxylic acids is 1. The van der Waals surface area contributed by atoms with Gasteiger partial charge in [0, 0.05) is 23.7 Å². The predicted molar refractivity (Wildman–Crippen MR) is 130 cm³/mol. The maximum absolute atomic E-state index is 13.1. The molecular formula is C27H30N2O5. The Bertz CT molecular complexity index is 1170. The number of rotatable bonds is 9. The number of hydrogen-bond donors (Lipinski definition) is 1. The van der Waals surface area contributed by atoms with Gasteiger partial charge in [0.25, 0.3) is 5.56 Å². The van der Waals surface area contributed by atoms with E-state index in [2.05, 4.69) is 0 Å². The van der Waals surface area contributed by atoms with Crippen LogP contribution in [0.15, 0.2) is 65.5 Å². The van der Waals surface area contributed by atoms with E-state index in [1.54, 1.807) is 17.9 Å². The minimum absolute atomic E-state index is 0.121. The molecule has 7 nitrogen and oxygen atoms in total. The molecule has 0 saturated heterocycles. The molecular weight excluding hydrogens is 432 g/mol. The first-order valence-corrected chi connectivity index (χ1v) is 11.6. The summed E-state index contributed by atoms with van der Waals surface area (Å²) >= 11 is 0. The van der Waals surface area contributed by atoms with E-state index in [-0.39, 0.29) is 12.2 Å². The van der Waals surface area contributed by atoms with E-state index in [0.29, 0.717) is 25.0 Å². The number of carbonyl (C=O) groups is 1. The molecule has 0 unspecified atom stereocenters. The van der Waals surface area contributed by atoms with Crippen molar-refractivity contribution < 1.29 is 19.4 Å². The number of benzene rings is 2. The van der Waals surface area contributed by atoms with Crippen LogP contribution in [0.3, 0.4) is 0 Å². The lowest BCUT2D eigenvalue weighted by molar-refractivity contribution is -0.142. The van der Waals surface area contributed by atoms with E-state index in [4.69, 9.17) is 19.7 Å². The van der Waals surface area contributed by atoms with Gasteiger partial charge in [0.15, 0.2) is 0 Å². The normalized spacial score (nSPS) is 17.9. The van der Waals surface area contributed by atoms with Crippen LogP contribution in [0.4, 0.5) is 0 Å². The second-order valence-electron chi connectivity index (χ2n) is 8.82. The summed E-state index contributed by atoms with van der Waals surface area (Å²) in [6, 6.07) is 19.2. The first kappa shape index (κ1) is 23.7. The highest BCUT2D eigenvalue weighted by molar-refractivity contribution is 5.80. The van der Waals surface area contributed by atoms with Gasteiger partial charge in [0.1, 0.15) is 12.4 Å². The Balaban J connectivity index is 1.55. The molecule has 0 atom stereocenters. The summed E-state index contributed by atoms with van der Waals surface area (Å²) in [4.78, 5) is 23.7. The molecule has 0 bridgehead atoms. The number of ether oxygens (including phenoxy) is 2. The average molecular weight is 463 g/mol. The van der Waals surface area contributed by atoms with Crippen LogP contribution in [0.25, 0.3) is 22.4 Å². The SMILES string of the molecule is COc1cccc(-c2cc(=O)n(C[C@H]3CC[C@H](COCC(=O)O)CC3)nc2-c2ccccc2)c1. The van der Waals surface area contributed by atoms with E-state index < -0.39 is 5.97 Å². The molecule has 0 amide bonds. The molecule has 1 heterocycles. The fourth-order valence-corrected chi connectivity index (χ4v) is 4.58. The van der Waals surface area contributed by atoms with Gasteiger partial charge in [0.2, 0.25) is 0 Å². The lowest BCUT2D eigenvalue weighted by Gasteiger charge is -2.28. The Morgan fingerprint density at radius 2 is 1.71 bits per heavy atom. The van der Waals surface area contributed by atoms with Crippen LogP contribution in [-0.2, 0) is 16.1 Å². The van der Waals surface area contributed by atoms with Crippen molar-refractivity contribution >= 4 is 5.97 Å². The molecule has 0 radical (unpaired) electrons. The van der Waals surface area contributed by atoms with E-state index in [1.807, 2.05) is 54.6 Å². The molecule has 2 aromatic carbocycles. The summed E-state index contributed by atoms with van der Waals surface area (Å²) in [5.41, 5.74) is 3.27. The van der Waals surface area contributed by atoms with Crippen molar-refractivity contribution in [3.8, 4) is 28.1 Å². The third-order valence-corrected chi connectivity index (χ3v) is 6.40. The van der Waals surface area contributed by atoms with Gasteiger partial charge in [-0.25, -0.2) is 9.48 Å². The van der Waals surface area contributed by atoms with E-state index >= 15 is 0 Å². The molecule has 0 spiro atoms. The molecule has 4 rings (SSSR count). The summed E-state index contributed by atoms with van der Waals surface area (Å²) in [6.45, 7) is 0.797. The highest BCUT2D eigenvalue weighted by Crippen LogP contribution is 2.32. The second-order valence-corrected chi connectivity index (χ2v) is 8.82. The number of aromatic nitrogens is 2. The highest BCUT2D eigenvalue weighted by atomic mass is 16.5. The van der Waals surface area contributed by atoms with Crippen molar-refractivity contribution in [1.29, 1.82) is 0 Å². The molecule has 1 N–H and O–H groups in total. The third kappa shape index (κ3) is 5.91. The maximum Gasteiger partial charge on any atom is 0.329 e. The van der Waals surface area contributed by atoms with Crippen LogP contribution in [0.5, 0.6) is 5.75 Å². The molecule has 34 heavy (non-hydrogen) atoms. The van der Waals surface area contributed by atoms with E-state index in [0.717, 1.165) is 53.8 Å². The van der Waals surface area contributed by atoms with Crippen LogP contribution in [0, 0.1) is 11.8 Å². The Hall–Kier alpha value is -3.45. The zero-order valence-electron chi connectivity index (χ0n) is 19.4. The quantitative estimate of drug-likeness (QED) is 0.504. The lowest BCUT2D eigenvalue weighted by atomic mass is 9.82. The number of carboxylic acid groups (broad SMARTS) is 1. The summed E-state index contributed by atoms with van der Waals surface area (Å²) in [7, 11) is 1.63. The van der Waals surface area contributed by atoms with Crippen molar-refractivity contribution in [2.45, 2.75) is 32.2 Å². The zero-order valence-corrected chi connectivity index (χ0v) is 19.4. The van der Waals surface area contributed by atoms with Gasteiger partial charge < -0.3 is 14.6 Å². The van der Waals surface area contributed by atoms with Crippen molar-refractivity contribution in [3.05, 3.63) is 71.0 Å². The molecule has 3 aromatic rings. The van der Waals surface area contributed by atoms with Gasteiger partial charge in [-0.15, -0.1) is 0 Å². The summed E-state index contributed by atoms with van der Waals surface area (Å²) in [6.07, 6.45) is 3.86. The minimum Gasteiger partial charge on any atom is -0.497 e. The second kappa shape index (κ2) is 11.1. The van der Waals surface area contributed by atoms with Gasteiger partial charge >= 0.3 is 5.97 Å². The predicted octanol–water partition coefficient (Wildman–Crippen LogP) is 4.49. The highest BCUT2D eigenvalue weighted by Gasteiger charge is 2.23. The largest absolute Gasteiger partial charge is 0.497 e. The molecule has 178 valence electrons. The van der Waals surface area contributed by atoms with Crippen molar-refractivity contribution in [2.24, 2.45) is 11.8 Å². The van der Waals surface area contributed by atoms with Crippen LogP contribution < -0.4 is 10.3 Å². The van der Waals surface area contributed by atoms with Crippen molar-refractivity contribution in [3.63, 3.8) is 0 Å². The molecule has 1 aliphatic carbocycles. The monoisotopic (exact) mass is 462 g/mol.